The van der Waals surface area contributed by atoms with Crippen LogP contribution < -0.4 is 16.6 Å². The predicted molar refractivity (Wildman–Crippen MR) is 116 cm³/mol. The van der Waals surface area contributed by atoms with Gasteiger partial charge in [0.05, 0.1) is 11.1 Å². The molecule has 2 aromatic heterocycles. The van der Waals surface area contributed by atoms with E-state index in [2.05, 4.69) is 15.3 Å². The molecule has 27 heavy (non-hydrogen) atoms. The first-order chi connectivity index (χ1) is 12.6. The number of aryl methyl sites for hydroxylation is 2. The molecule has 0 saturated heterocycles. The van der Waals surface area contributed by atoms with Gasteiger partial charge < -0.3 is 16.0 Å². The standard InChI is InChI=1S/C18H26N4O2S2.ClH/c1-11(8-19)9-20-15(23)6-7-25-10-14-21-17(24)16-12-4-2-3-5-13(12)26-18(16)22-14;/h11H,2-10,19H2,1H3,(H,20,23)(H,21,22,24);1H. The number of hydrogen-bond donors (Lipinski definition) is 3. The maximum absolute atomic E-state index is 12.5. The number of amides is 1. The Morgan fingerprint density at radius 1 is 1.41 bits per heavy atom. The van der Waals surface area contributed by atoms with E-state index in [1.165, 1.54) is 16.9 Å². The molecule has 2 aromatic rings. The number of carbonyl (C=O) groups excluding carboxylic acids is 1. The molecule has 0 saturated carbocycles. The number of rotatable bonds is 8. The Balaban J connectivity index is 0.00000261. The number of thiophene rings is 1. The number of fused-ring (bicyclic) bond motifs is 3. The van der Waals surface area contributed by atoms with Crippen LogP contribution in [0.4, 0.5) is 0 Å². The van der Waals surface area contributed by atoms with Crippen LogP contribution in [0.1, 0.15) is 42.5 Å². The molecule has 150 valence electrons. The molecule has 3 rings (SSSR count). The highest BCUT2D eigenvalue weighted by molar-refractivity contribution is 7.98. The third kappa shape index (κ3) is 5.70. The zero-order valence-corrected chi connectivity index (χ0v) is 18.0. The van der Waals surface area contributed by atoms with E-state index in [-0.39, 0.29) is 23.9 Å². The number of hydrogen-bond acceptors (Lipinski definition) is 6. The van der Waals surface area contributed by atoms with Gasteiger partial charge in [0.2, 0.25) is 5.91 Å². The molecule has 0 aliphatic heterocycles. The molecule has 1 atom stereocenters. The molecule has 1 aliphatic rings. The normalized spacial score (nSPS) is 14.4. The maximum Gasteiger partial charge on any atom is 0.259 e. The lowest BCUT2D eigenvalue weighted by molar-refractivity contribution is -0.120. The molecular formula is C18H27ClN4O2S2. The molecule has 0 spiro atoms. The van der Waals surface area contributed by atoms with Crippen LogP contribution >= 0.6 is 35.5 Å². The van der Waals surface area contributed by atoms with Gasteiger partial charge in [0.1, 0.15) is 10.7 Å². The van der Waals surface area contributed by atoms with Crippen molar-refractivity contribution >= 4 is 51.6 Å². The lowest BCUT2D eigenvalue weighted by atomic mass is 9.97. The number of nitrogens with zero attached hydrogens (tertiary/aromatic N) is 1. The van der Waals surface area contributed by atoms with Crippen molar-refractivity contribution in [1.82, 2.24) is 15.3 Å². The lowest BCUT2D eigenvalue weighted by Crippen LogP contribution is -2.31. The van der Waals surface area contributed by atoms with Crippen molar-refractivity contribution in [2.75, 3.05) is 18.8 Å². The second-order valence-electron chi connectivity index (χ2n) is 6.85. The molecule has 1 amide bonds. The van der Waals surface area contributed by atoms with Crippen molar-refractivity contribution in [3.63, 3.8) is 0 Å². The summed E-state index contributed by atoms with van der Waals surface area (Å²) in [5.74, 6) is 2.35. The van der Waals surface area contributed by atoms with Gasteiger partial charge in [-0.2, -0.15) is 11.8 Å². The number of carbonyl (C=O) groups is 1. The van der Waals surface area contributed by atoms with Gasteiger partial charge >= 0.3 is 0 Å². The topological polar surface area (TPSA) is 101 Å². The minimum Gasteiger partial charge on any atom is -0.356 e. The summed E-state index contributed by atoms with van der Waals surface area (Å²) in [6.07, 6.45) is 4.88. The van der Waals surface area contributed by atoms with Crippen LogP contribution in [0.15, 0.2) is 4.79 Å². The summed E-state index contributed by atoms with van der Waals surface area (Å²) in [5, 5.41) is 3.69. The van der Waals surface area contributed by atoms with E-state index in [1.54, 1.807) is 23.1 Å². The van der Waals surface area contributed by atoms with Crippen molar-refractivity contribution in [2.45, 2.75) is 44.8 Å². The number of nitrogens with one attached hydrogen (secondary N) is 2. The largest absolute Gasteiger partial charge is 0.356 e. The van der Waals surface area contributed by atoms with Crippen LogP contribution in [0.2, 0.25) is 0 Å². The summed E-state index contributed by atoms with van der Waals surface area (Å²) in [4.78, 5) is 34.0. The van der Waals surface area contributed by atoms with Gasteiger partial charge in [0.25, 0.3) is 5.56 Å². The van der Waals surface area contributed by atoms with Crippen LogP contribution in [-0.2, 0) is 23.4 Å². The van der Waals surface area contributed by atoms with E-state index in [0.29, 0.717) is 42.8 Å². The van der Waals surface area contributed by atoms with Gasteiger partial charge in [-0.1, -0.05) is 6.92 Å². The first-order valence-corrected chi connectivity index (χ1v) is 11.1. The first-order valence-electron chi connectivity index (χ1n) is 9.16. The Hall–Kier alpha value is -1.09. The maximum atomic E-state index is 12.5. The number of halogens is 1. The van der Waals surface area contributed by atoms with E-state index in [1.807, 2.05) is 6.92 Å². The Kier molecular flexibility index (Phi) is 8.60. The van der Waals surface area contributed by atoms with Crippen molar-refractivity contribution in [3.05, 3.63) is 26.6 Å². The molecule has 0 bridgehead atoms. The van der Waals surface area contributed by atoms with Gasteiger partial charge in [0.15, 0.2) is 0 Å². The van der Waals surface area contributed by atoms with Gasteiger partial charge in [-0.25, -0.2) is 4.98 Å². The van der Waals surface area contributed by atoms with Crippen LogP contribution in [0.3, 0.4) is 0 Å². The number of aromatic nitrogens is 2. The van der Waals surface area contributed by atoms with Gasteiger partial charge in [-0.3, -0.25) is 9.59 Å². The van der Waals surface area contributed by atoms with E-state index in [4.69, 9.17) is 5.73 Å². The minimum atomic E-state index is -0.0153. The van der Waals surface area contributed by atoms with Gasteiger partial charge in [-0.05, 0) is 43.7 Å². The van der Waals surface area contributed by atoms with Crippen LogP contribution in [-0.4, -0.2) is 34.7 Å². The molecule has 9 heteroatoms. The summed E-state index contributed by atoms with van der Waals surface area (Å²) in [6.45, 7) is 3.20. The SMILES string of the molecule is CC(CN)CNC(=O)CCSCc1nc2sc3c(c2c(=O)[nH]1)CCCC3.Cl. The van der Waals surface area contributed by atoms with E-state index in [0.717, 1.165) is 29.5 Å². The van der Waals surface area contributed by atoms with Crippen molar-refractivity contribution in [3.8, 4) is 0 Å². The fourth-order valence-corrected chi connectivity index (χ4v) is 5.16. The summed E-state index contributed by atoms with van der Waals surface area (Å²) >= 11 is 3.28. The molecule has 1 aliphatic carbocycles. The van der Waals surface area contributed by atoms with Crippen molar-refractivity contribution < 1.29 is 4.79 Å². The first kappa shape index (κ1) is 22.2. The number of thioether (sulfide) groups is 1. The molecule has 1 unspecified atom stereocenters. The predicted octanol–water partition coefficient (Wildman–Crippen LogP) is 2.62. The number of nitrogens with two attached hydrogens (primary N) is 1. The zero-order chi connectivity index (χ0) is 18.5. The molecule has 0 fully saturated rings. The summed E-state index contributed by atoms with van der Waals surface area (Å²) in [7, 11) is 0. The molecule has 6 nitrogen and oxygen atoms in total. The number of aromatic amines is 1. The quantitative estimate of drug-likeness (QED) is 0.559. The van der Waals surface area contributed by atoms with Crippen LogP contribution in [0.5, 0.6) is 0 Å². The van der Waals surface area contributed by atoms with Gasteiger partial charge in [0, 0.05) is 23.6 Å². The fraction of sp³-hybridized carbons (Fsp3) is 0.611. The average molecular weight is 431 g/mol. The van der Waals surface area contributed by atoms with Crippen molar-refractivity contribution in [2.24, 2.45) is 11.7 Å². The molecule has 0 aromatic carbocycles. The van der Waals surface area contributed by atoms with Crippen LogP contribution in [0, 0.1) is 5.92 Å². The molecular weight excluding hydrogens is 404 g/mol. The Labute approximate surface area is 173 Å². The summed E-state index contributed by atoms with van der Waals surface area (Å²) in [5.41, 5.74) is 6.74. The second kappa shape index (κ2) is 10.5. The molecule has 0 radical (unpaired) electrons. The monoisotopic (exact) mass is 430 g/mol. The van der Waals surface area contributed by atoms with Gasteiger partial charge in [-0.15, -0.1) is 23.7 Å². The zero-order valence-electron chi connectivity index (χ0n) is 15.5. The Morgan fingerprint density at radius 2 is 2.19 bits per heavy atom. The smallest absolute Gasteiger partial charge is 0.259 e. The Morgan fingerprint density at radius 3 is 2.96 bits per heavy atom. The van der Waals surface area contributed by atoms with E-state index >= 15 is 0 Å². The minimum absolute atomic E-state index is 0. The summed E-state index contributed by atoms with van der Waals surface area (Å²) in [6, 6.07) is 0. The second-order valence-corrected chi connectivity index (χ2v) is 9.04. The highest BCUT2D eigenvalue weighted by atomic mass is 35.5. The lowest BCUT2D eigenvalue weighted by Gasteiger charge is -2.10. The molecule has 2 heterocycles. The average Bonchev–Trinajstić information content (AvgIpc) is 3.02. The Bertz CT molecular complexity index is 837. The highest BCUT2D eigenvalue weighted by Crippen LogP contribution is 2.33. The fourth-order valence-electron chi connectivity index (χ4n) is 3.07. The van der Waals surface area contributed by atoms with E-state index in [9.17, 15) is 9.59 Å². The summed E-state index contributed by atoms with van der Waals surface area (Å²) < 4.78 is 0. The third-order valence-corrected chi connectivity index (χ3v) is 6.79. The highest BCUT2D eigenvalue weighted by Gasteiger charge is 2.19. The third-order valence-electron chi connectivity index (χ3n) is 4.64. The van der Waals surface area contributed by atoms with Crippen molar-refractivity contribution in [1.29, 1.82) is 0 Å². The van der Waals surface area contributed by atoms with Crippen LogP contribution in [0.25, 0.3) is 10.2 Å². The number of H-pyrrole nitrogens is 1. The molecule has 4 N–H and O–H groups in total. The van der Waals surface area contributed by atoms with E-state index < -0.39 is 0 Å².